The molecule has 0 spiro atoms. The Hall–Kier alpha value is -2.57. The number of H-pyrrole nitrogens is 1. The molecule has 1 N–H and O–H groups in total. The molecular weight excluding hydrogens is 277 g/mol. The second-order valence-corrected chi connectivity index (χ2v) is 4.54. The lowest BCUT2D eigenvalue weighted by Gasteiger charge is -2.06. The number of hydrogen-bond acceptors (Lipinski definition) is 4. The highest BCUT2D eigenvalue weighted by molar-refractivity contribution is 7.98. The topological polar surface area (TPSA) is 69.5 Å². The number of hydrogen-bond donors (Lipinski definition) is 1. The van der Waals surface area contributed by atoms with Gasteiger partial charge in [0.05, 0.1) is 5.69 Å². The number of nitrogens with zero attached hydrogens (tertiary/aromatic N) is 2. The summed E-state index contributed by atoms with van der Waals surface area (Å²) in [5.41, 5.74) is -0.360. The molecule has 4 nitrogen and oxygen atoms in total. The van der Waals surface area contributed by atoms with Gasteiger partial charge in [-0.1, -0.05) is 17.7 Å². The number of terminal acetylenes is 1. The zero-order chi connectivity index (χ0) is 14.7. The lowest BCUT2D eigenvalue weighted by atomic mass is 10.0. The van der Waals surface area contributed by atoms with Crippen LogP contribution >= 0.6 is 11.8 Å². The number of benzene rings is 1. The highest BCUT2D eigenvalue weighted by Gasteiger charge is 2.16. The van der Waals surface area contributed by atoms with E-state index < -0.39 is 11.4 Å². The van der Waals surface area contributed by atoms with Crippen LogP contribution in [0.3, 0.4) is 0 Å². The van der Waals surface area contributed by atoms with E-state index in [1.807, 2.05) is 0 Å². The number of halogens is 1. The fourth-order valence-corrected chi connectivity index (χ4v) is 2.02. The van der Waals surface area contributed by atoms with Gasteiger partial charge in [0.2, 0.25) is 0 Å². The first-order valence-corrected chi connectivity index (χ1v) is 6.68. The van der Waals surface area contributed by atoms with Crippen LogP contribution < -0.4 is 5.56 Å². The normalized spacial score (nSPS) is 9.80. The largest absolute Gasteiger partial charge is 0.300 e. The number of thioether (sulfide) groups is 1. The van der Waals surface area contributed by atoms with Crippen molar-refractivity contribution in [3.8, 4) is 29.7 Å². The molecule has 0 aliphatic heterocycles. The van der Waals surface area contributed by atoms with Crippen molar-refractivity contribution in [1.82, 2.24) is 9.97 Å². The third kappa shape index (κ3) is 2.42. The molecule has 0 saturated heterocycles. The van der Waals surface area contributed by atoms with Gasteiger partial charge in [-0.2, -0.15) is 5.26 Å². The second kappa shape index (κ2) is 5.60. The minimum absolute atomic E-state index is 0.0154. The molecule has 0 aliphatic carbocycles. The monoisotopic (exact) mass is 285 g/mol. The van der Waals surface area contributed by atoms with E-state index in [4.69, 9.17) is 11.7 Å². The predicted octanol–water partition coefficient (Wildman–Crippen LogP) is 2.15. The molecule has 0 amide bonds. The Balaban J connectivity index is 2.76. The average Bonchev–Trinajstić information content (AvgIpc) is 2.46. The van der Waals surface area contributed by atoms with Gasteiger partial charge in [0.15, 0.2) is 5.16 Å². The van der Waals surface area contributed by atoms with E-state index in [0.29, 0.717) is 10.7 Å². The smallest absolute Gasteiger partial charge is 0.270 e. The van der Waals surface area contributed by atoms with E-state index >= 15 is 0 Å². The van der Waals surface area contributed by atoms with Gasteiger partial charge in [-0.25, -0.2) is 9.37 Å². The first-order valence-electron chi connectivity index (χ1n) is 5.45. The van der Waals surface area contributed by atoms with Crippen LogP contribution in [-0.2, 0) is 0 Å². The summed E-state index contributed by atoms with van der Waals surface area (Å²) in [7, 11) is 0. The van der Waals surface area contributed by atoms with Crippen molar-refractivity contribution in [3.05, 3.63) is 45.5 Å². The van der Waals surface area contributed by atoms with Crippen molar-refractivity contribution < 1.29 is 4.39 Å². The Morgan fingerprint density at radius 1 is 1.50 bits per heavy atom. The molecule has 0 saturated carbocycles. The summed E-state index contributed by atoms with van der Waals surface area (Å²) in [5, 5.41) is 9.35. The Morgan fingerprint density at radius 3 is 2.80 bits per heavy atom. The predicted molar refractivity (Wildman–Crippen MR) is 74.7 cm³/mol. The molecule has 0 bridgehead atoms. The summed E-state index contributed by atoms with van der Waals surface area (Å²) in [4.78, 5) is 18.3. The quantitative estimate of drug-likeness (QED) is 0.521. The molecule has 2 aromatic rings. The summed E-state index contributed by atoms with van der Waals surface area (Å²) in [6, 6.07) is 5.85. The van der Waals surface area contributed by atoms with Gasteiger partial charge in [-0.05, 0) is 24.5 Å². The molecule has 0 fully saturated rings. The van der Waals surface area contributed by atoms with Gasteiger partial charge in [-0.15, -0.1) is 6.42 Å². The maximum atomic E-state index is 14.0. The molecule has 98 valence electrons. The van der Waals surface area contributed by atoms with Crippen molar-refractivity contribution in [3.63, 3.8) is 0 Å². The summed E-state index contributed by atoms with van der Waals surface area (Å²) < 4.78 is 14.0. The molecule has 1 heterocycles. The Kier molecular flexibility index (Phi) is 3.88. The lowest BCUT2D eigenvalue weighted by Crippen LogP contribution is -2.15. The molecule has 0 radical (unpaired) electrons. The van der Waals surface area contributed by atoms with Crippen molar-refractivity contribution in [2.24, 2.45) is 0 Å². The van der Waals surface area contributed by atoms with E-state index in [-0.39, 0.29) is 16.8 Å². The van der Waals surface area contributed by atoms with Gasteiger partial charge >= 0.3 is 0 Å². The van der Waals surface area contributed by atoms with Crippen molar-refractivity contribution in [2.75, 3.05) is 6.26 Å². The number of nitriles is 1. The maximum Gasteiger partial charge on any atom is 0.270 e. The van der Waals surface area contributed by atoms with Gasteiger partial charge < -0.3 is 4.98 Å². The molecule has 0 unspecified atom stereocenters. The summed E-state index contributed by atoms with van der Waals surface area (Å²) in [6.07, 6.45) is 6.90. The zero-order valence-electron chi connectivity index (χ0n) is 10.4. The summed E-state index contributed by atoms with van der Waals surface area (Å²) >= 11 is 1.19. The standard InChI is InChI=1S/C14H8FN3OS/c1-3-8-4-5-9(11(15)6-8)12-10(7-16)13(19)18-14(17-12)20-2/h1,4-6H,2H3,(H,17,18,19). The first-order chi connectivity index (χ1) is 9.60. The zero-order valence-corrected chi connectivity index (χ0v) is 11.2. The molecule has 0 atom stereocenters. The molecule has 0 aliphatic rings. The van der Waals surface area contributed by atoms with E-state index in [0.717, 1.165) is 6.07 Å². The molecule has 1 aromatic carbocycles. The van der Waals surface area contributed by atoms with Crippen LogP contribution in [0.2, 0.25) is 0 Å². The third-order valence-corrected chi connectivity index (χ3v) is 3.17. The Morgan fingerprint density at radius 2 is 2.25 bits per heavy atom. The SMILES string of the molecule is C#Cc1ccc(-c2nc(SC)[nH]c(=O)c2C#N)c(F)c1. The highest BCUT2D eigenvalue weighted by atomic mass is 32.2. The highest BCUT2D eigenvalue weighted by Crippen LogP contribution is 2.24. The van der Waals surface area contributed by atoms with E-state index in [2.05, 4.69) is 15.9 Å². The second-order valence-electron chi connectivity index (χ2n) is 3.75. The molecule has 2 rings (SSSR count). The van der Waals surface area contributed by atoms with Crippen LogP contribution in [0.4, 0.5) is 4.39 Å². The lowest BCUT2D eigenvalue weighted by molar-refractivity contribution is 0.629. The number of aromatic nitrogens is 2. The van der Waals surface area contributed by atoms with Gasteiger partial charge in [0.25, 0.3) is 5.56 Å². The Bertz CT molecular complexity index is 815. The fraction of sp³-hybridized carbons (Fsp3) is 0.0714. The first kappa shape index (κ1) is 13.9. The van der Waals surface area contributed by atoms with Crippen molar-refractivity contribution in [2.45, 2.75) is 5.16 Å². The van der Waals surface area contributed by atoms with Crippen molar-refractivity contribution >= 4 is 11.8 Å². The molecule has 6 heteroatoms. The van der Waals surface area contributed by atoms with Crippen LogP contribution in [0, 0.1) is 29.5 Å². The van der Waals surface area contributed by atoms with Gasteiger partial charge in [-0.3, -0.25) is 4.79 Å². The van der Waals surface area contributed by atoms with Crippen LogP contribution in [0.15, 0.2) is 28.2 Å². The molecule has 20 heavy (non-hydrogen) atoms. The van der Waals surface area contributed by atoms with Crippen molar-refractivity contribution in [1.29, 1.82) is 5.26 Å². The number of aromatic amines is 1. The fourth-order valence-electron chi connectivity index (χ4n) is 1.64. The van der Waals surface area contributed by atoms with Gasteiger partial charge in [0, 0.05) is 11.1 Å². The van der Waals surface area contributed by atoms with Crippen LogP contribution in [-0.4, -0.2) is 16.2 Å². The van der Waals surface area contributed by atoms with Crippen LogP contribution in [0.5, 0.6) is 0 Å². The van der Waals surface area contributed by atoms with Crippen LogP contribution in [0.1, 0.15) is 11.1 Å². The van der Waals surface area contributed by atoms with Gasteiger partial charge in [0.1, 0.15) is 17.4 Å². The minimum Gasteiger partial charge on any atom is -0.300 e. The summed E-state index contributed by atoms with van der Waals surface area (Å²) in [5.74, 6) is 1.69. The minimum atomic E-state index is -0.623. The maximum absolute atomic E-state index is 14.0. The molecular formula is C14H8FN3OS. The number of rotatable bonds is 2. The van der Waals surface area contributed by atoms with E-state index in [1.54, 1.807) is 12.3 Å². The van der Waals surface area contributed by atoms with Crippen LogP contribution in [0.25, 0.3) is 11.3 Å². The van der Waals surface area contributed by atoms with E-state index in [1.165, 1.54) is 23.9 Å². The Labute approximate surface area is 118 Å². The van der Waals surface area contributed by atoms with E-state index in [9.17, 15) is 9.18 Å². The average molecular weight is 285 g/mol. The summed E-state index contributed by atoms with van der Waals surface area (Å²) in [6.45, 7) is 0. The molecule has 1 aromatic heterocycles. The third-order valence-electron chi connectivity index (χ3n) is 2.59. The number of nitrogens with one attached hydrogen (secondary N) is 1.